The van der Waals surface area contributed by atoms with Crippen molar-refractivity contribution < 1.29 is 12.6 Å². The van der Waals surface area contributed by atoms with E-state index in [0.29, 0.717) is 0 Å². The smallest absolute Gasteiger partial charge is 0.268 e. The summed E-state index contributed by atoms with van der Waals surface area (Å²) in [6.45, 7) is 1.88. The van der Waals surface area contributed by atoms with Crippen molar-refractivity contribution in [2.75, 3.05) is 12.4 Å². The summed E-state index contributed by atoms with van der Waals surface area (Å²) in [6, 6.07) is 0. The molecule has 0 fully saturated rings. The van der Waals surface area contributed by atoms with Crippen molar-refractivity contribution in [2.24, 2.45) is 5.92 Å². The third-order valence-corrected chi connectivity index (χ3v) is 2.91. The van der Waals surface area contributed by atoms with Crippen LogP contribution in [0.5, 0.6) is 0 Å². The first-order chi connectivity index (χ1) is 5.64. The van der Waals surface area contributed by atoms with Crippen LogP contribution < -0.4 is 0 Å². The molecular weight excluding hydrogens is 176 g/mol. The lowest BCUT2D eigenvalue weighted by Gasteiger charge is -2.05. The van der Waals surface area contributed by atoms with Gasteiger partial charge in [-0.3, -0.25) is 4.18 Å². The molecule has 0 saturated heterocycles. The molecule has 0 aromatic heterocycles. The Balaban J connectivity index is 2.50. The molecule has 12 heavy (non-hydrogen) atoms. The topological polar surface area (TPSA) is 43.4 Å². The van der Waals surface area contributed by atoms with Gasteiger partial charge < -0.3 is 0 Å². The summed E-state index contributed by atoms with van der Waals surface area (Å²) in [5.74, 6) is 0.0370. The number of rotatable bonds is 4. The van der Waals surface area contributed by atoms with Gasteiger partial charge in [-0.2, -0.15) is 8.42 Å². The summed E-state index contributed by atoms with van der Waals surface area (Å²) in [5, 5.41) is 0. The maximum atomic E-state index is 11.1. The van der Waals surface area contributed by atoms with Crippen LogP contribution in [0.2, 0.25) is 0 Å². The van der Waals surface area contributed by atoms with Crippen LogP contribution in [0.3, 0.4) is 0 Å². The monoisotopic (exact) mass is 188 g/mol. The van der Waals surface area contributed by atoms with Gasteiger partial charge in [0.15, 0.2) is 0 Å². The Morgan fingerprint density at radius 2 is 1.92 bits per heavy atom. The van der Waals surface area contributed by atoms with Gasteiger partial charge in [0.25, 0.3) is 10.1 Å². The van der Waals surface area contributed by atoms with Crippen molar-refractivity contribution in [2.45, 2.75) is 6.92 Å². The van der Waals surface area contributed by atoms with Crippen LogP contribution in [0.4, 0.5) is 0 Å². The number of allylic oxidation sites excluding steroid dienone is 4. The first-order valence-electron chi connectivity index (χ1n) is 3.86. The van der Waals surface area contributed by atoms with Crippen LogP contribution in [-0.2, 0) is 14.3 Å². The van der Waals surface area contributed by atoms with Gasteiger partial charge in [-0.05, 0) is 6.92 Å². The zero-order chi connectivity index (χ0) is 9.03. The van der Waals surface area contributed by atoms with Crippen LogP contribution in [0.25, 0.3) is 0 Å². The molecule has 1 rings (SSSR count). The van der Waals surface area contributed by atoms with Crippen molar-refractivity contribution in [3.63, 3.8) is 0 Å². The summed E-state index contributed by atoms with van der Waals surface area (Å²) in [4.78, 5) is 0. The first-order valence-corrected chi connectivity index (χ1v) is 5.44. The molecule has 0 aromatic carbocycles. The van der Waals surface area contributed by atoms with Crippen molar-refractivity contribution in [1.29, 1.82) is 0 Å². The van der Waals surface area contributed by atoms with Crippen LogP contribution >= 0.6 is 0 Å². The highest BCUT2D eigenvalue weighted by Crippen LogP contribution is 2.12. The second kappa shape index (κ2) is 3.87. The largest absolute Gasteiger partial charge is 0.270 e. The Kier molecular flexibility index (Phi) is 3.05. The van der Waals surface area contributed by atoms with Crippen molar-refractivity contribution in [3.05, 3.63) is 24.3 Å². The van der Waals surface area contributed by atoms with E-state index in [1.54, 1.807) is 6.92 Å². The molecule has 0 bridgehead atoms. The average molecular weight is 188 g/mol. The quantitative estimate of drug-likeness (QED) is 0.620. The fraction of sp³-hybridized carbons (Fsp3) is 0.500. The van der Waals surface area contributed by atoms with Gasteiger partial charge >= 0.3 is 0 Å². The molecule has 0 heterocycles. The second-order valence-corrected chi connectivity index (χ2v) is 4.25. The van der Waals surface area contributed by atoms with Gasteiger partial charge in [0.1, 0.15) is 0 Å². The zero-order valence-corrected chi connectivity index (χ0v) is 7.75. The second-order valence-electron chi connectivity index (χ2n) is 2.56. The number of hydrogen-bond donors (Lipinski definition) is 0. The summed E-state index contributed by atoms with van der Waals surface area (Å²) < 4.78 is 26.8. The SMILES string of the molecule is CCOS(=O)(=O)CC1C=CC=C1. The molecule has 3 nitrogen and oxygen atoms in total. The van der Waals surface area contributed by atoms with E-state index in [1.807, 2.05) is 24.3 Å². The van der Waals surface area contributed by atoms with Crippen LogP contribution in [0, 0.1) is 5.92 Å². The highest BCUT2D eigenvalue weighted by molar-refractivity contribution is 7.86. The Hall–Kier alpha value is -0.610. The Morgan fingerprint density at radius 3 is 2.42 bits per heavy atom. The molecule has 0 aromatic rings. The molecule has 0 radical (unpaired) electrons. The molecule has 4 heteroatoms. The molecule has 0 spiro atoms. The summed E-state index contributed by atoms with van der Waals surface area (Å²) in [5.41, 5.74) is 0. The summed E-state index contributed by atoms with van der Waals surface area (Å²) in [7, 11) is -3.32. The van der Waals surface area contributed by atoms with Gasteiger partial charge in [-0.1, -0.05) is 24.3 Å². The Labute approximate surface area is 72.9 Å². The van der Waals surface area contributed by atoms with Gasteiger partial charge in [-0.15, -0.1) is 0 Å². The van der Waals surface area contributed by atoms with Gasteiger partial charge in [0, 0.05) is 5.92 Å². The molecule has 68 valence electrons. The van der Waals surface area contributed by atoms with Gasteiger partial charge in [0.05, 0.1) is 12.4 Å². The van der Waals surface area contributed by atoms with Crippen LogP contribution in [0.15, 0.2) is 24.3 Å². The van der Waals surface area contributed by atoms with E-state index in [1.165, 1.54) is 0 Å². The maximum Gasteiger partial charge on any atom is 0.268 e. The van der Waals surface area contributed by atoms with Crippen molar-refractivity contribution in [1.82, 2.24) is 0 Å². The van der Waals surface area contributed by atoms with E-state index < -0.39 is 10.1 Å². The predicted octanol–water partition coefficient (Wildman–Crippen LogP) is 1.09. The maximum absolute atomic E-state index is 11.1. The lowest BCUT2D eigenvalue weighted by Crippen LogP contribution is -2.15. The molecule has 0 aliphatic heterocycles. The highest BCUT2D eigenvalue weighted by Gasteiger charge is 2.16. The van der Waals surface area contributed by atoms with Crippen molar-refractivity contribution >= 4 is 10.1 Å². The van der Waals surface area contributed by atoms with E-state index in [9.17, 15) is 8.42 Å². The Morgan fingerprint density at radius 1 is 1.33 bits per heavy atom. The van der Waals surface area contributed by atoms with E-state index >= 15 is 0 Å². The minimum atomic E-state index is -3.32. The normalized spacial score (nSPS) is 17.4. The third-order valence-electron chi connectivity index (χ3n) is 1.52. The van der Waals surface area contributed by atoms with Crippen LogP contribution in [0.1, 0.15) is 6.92 Å². The summed E-state index contributed by atoms with van der Waals surface area (Å²) in [6.07, 6.45) is 7.37. The number of hydrogen-bond acceptors (Lipinski definition) is 3. The van der Waals surface area contributed by atoms with Crippen LogP contribution in [-0.4, -0.2) is 20.8 Å². The molecule has 1 aliphatic carbocycles. The lowest BCUT2D eigenvalue weighted by molar-refractivity contribution is 0.337. The molecule has 0 saturated carbocycles. The van der Waals surface area contributed by atoms with E-state index in [-0.39, 0.29) is 18.3 Å². The minimum absolute atomic E-state index is 0.0125. The molecular formula is C8H12O3S. The lowest BCUT2D eigenvalue weighted by atomic mass is 10.2. The molecule has 0 unspecified atom stereocenters. The average Bonchev–Trinajstić information content (AvgIpc) is 2.38. The molecule has 0 atom stereocenters. The Bertz CT molecular complexity index is 275. The van der Waals surface area contributed by atoms with Crippen molar-refractivity contribution in [3.8, 4) is 0 Å². The zero-order valence-electron chi connectivity index (χ0n) is 6.93. The van der Waals surface area contributed by atoms with Gasteiger partial charge in [0.2, 0.25) is 0 Å². The molecule has 1 aliphatic rings. The first kappa shape index (κ1) is 9.48. The van der Waals surface area contributed by atoms with E-state index in [2.05, 4.69) is 4.18 Å². The van der Waals surface area contributed by atoms with Gasteiger partial charge in [-0.25, -0.2) is 0 Å². The fourth-order valence-electron chi connectivity index (χ4n) is 1.05. The minimum Gasteiger partial charge on any atom is -0.270 e. The third kappa shape index (κ3) is 2.79. The highest BCUT2D eigenvalue weighted by atomic mass is 32.2. The predicted molar refractivity (Wildman–Crippen MR) is 47.2 cm³/mol. The van der Waals surface area contributed by atoms with E-state index in [4.69, 9.17) is 0 Å². The molecule has 0 N–H and O–H groups in total. The van der Waals surface area contributed by atoms with E-state index in [0.717, 1.165) is 0 Å². The fourth-order valence-corrected chi connectivity index (χ4v) is 2.20. The summed E-state index contributed by atoms with van der Waals surface area (Å²) >= 11 is 0. The molecule has 0 amide bonds. The standard InChI is InChI=1S/C8H12O3S/c1-2-11-12(9,10)7-8-5-3-4-6-8/h3-6,8H,2,7H2,1H3.